The van der Waals surface area contributed by atoms with E-state index in [4.69, 9.17) is 0 Å². The fourth-order valence-corrected chi connectivity index (χ4v) is 3.37. The summed E-state index contributed by atoms with van der Waals surface area (Å²) in [5.41, 5.74) is 2.40. The number of benzene rings is 1. The Balaban J connectivity index is 1.44. The first-order valence-electron chi connectivity index (χ1n) is 9.40. The number of nitrogens with zero attached hydrogens (tertiary/aromatic N) is 3. The normalized spacial score (nSPS) is 12.5. The summed E-state index contributed by atoms with van der Waals surface area (Å²) in [6.45, 7) is 0.553. The Bertz CT molecular complexity index is 1020. The number of rotatable bonds is 6. The number of hydrogen-bond acceptors (Lipinski definition) is 5. The lowest BCUT2D eigenvalue weighted by Crippen LogP contribution is -2.30. The first-order chi connectivity index (χ1) is 14.1. The molecule has 148 valence electrons. The van der Waals surface area contributed by atoms with Gasteiger partial charge in [-0.05, 0) is 43.5 Å². The third-order valence-electron chi connectivity index (χ3n) is 4.76. The molecule has 0 radical (unpaired) electrons. The van der Waals surface area contributed by atoms with Crippen LogP contribution in [0.2, 0.25) is 0 Å². The number of nitrogens with one attached hydrogen (secondary N) is 2. The molecule has 6 nitrogen and oxygen atoms in total. The number of aromatic nitrogens is 3. The number of carbonyl (C=O) groups excluding carboxylic acids is 1. The number of halogens is 2. The Morgan fingerprint density at radius 3 is 2.52 bits per heavy atom. The molecule has 2 N–H and O–H groups in total. The quantitative estimate of drug-likeness (QED) is 0.627. The highest BCUT2D eigenvalue weighted by molar-refractivity contribution is 5.94. The van der Waals surface area contributed by atoms with Crippen molar-refractivity contribution in [3.63, 3.8) is 0 Å². The van der Waals surface area contributed by atoms with Gasteiger partial charge in [0.2, 0.25) is 0 Å². The van der Waals surface area contributed by atoms with Gasteiger partial charge in [-0.3, -0.25) is 9.78 Å². The smallest absolute Gasteiger partial charge is 0.257 e. The molecule has 0 unspecified atom stereocenters. The van der Waals surface area contributed by atoms with Gasteiger partial charge in [0.15, 0.2) is 5.82 Å². The zero-order chi connectivity index (χ0) is 20.2. The van der Waals surface area contributed by atoms with E-state index in [1.807, 2.05) is 12.1 Å². The predicted octanol–water partition coefficient (Wildman–Crippen LogP) is 3.15. The van der Waals surface area contributed by atoms with E-state index >= 15 is 0 Å². The van der Waals surface area contributed by atoms with Gasteiger partial charge >= 0.3 is 0 Å². The van der Waals surface area contributed by atoms with Crippen LogP contribution in [0.5, 0.6) is 0 Å². The van der Waals surface area contributed by atoms with Crippen LogP contribution < -0.4 is 10.6 Å². The van der Waals surface area contributed by atoms with Gasteiger partial charge < -0.3 is 10.6 Å². The number of hydrogen-bond donors (Lipinski definition) is 2. The topological polar surface area (TPSA) is 79.8 Å². The van der Waals surface area contributed by atoms with Gasteiger partial charge in [-0.1, -0.05) is 6.07 Å². The maximum absolute atomic E-state index is 13.7. The number of fused-ring (bicyclic) bond motifs is 1. The van der Waals surface area contributed by atoms with Gasteiger partial charge in [0.1, 0.15) is 23.0 Å². The zero-order valence-corrected chi connectivity index (χ0v) is 15.6. The molecule has 0 aliphatic heterocycles. The summed E-state index contributed by atoms with van der Waals surface area (Å²) in [4.78, 5) is 25.4. The van der Waals surface area contributed by atoms with Crippen LogP contribution in [0.1, 0.15) is 28.0 Å². The van der Waals surface area contributed by atoms with Gasteiger partial charge in [-0.25, -0.2) is 18.7 Å². The highest BCUT2D eigenvalue weighted by Gasteiger charge is 2.20. The fraction of sp³-hybridized carbons (Fsp3) is 0.238. The molecule has 0 atom stereocenters. The molecule has 8 heteroatoms. The fourth-order valence-electron chi connectivity index (χ4n) is 3.37. The number of amides is 1. The minimum absolute atomic E-state index is 0.190. The molecule has 2 heterocycles. The molecule has 0 spiro atoms. The summed E-state index contributed by atoms with van der Waals surface area (Å²) in [5, 5.41) is 5.75. The molecule has 29 heavy (non-hydrogen) atoms. The SMILES string of the molecule is O=C(NCCNc1nc(-c2ccncc2)nc2c1CCC2)c1c(F)cccc1F. The van der Waals surface area contributed by atoms with E-state index in [2.05, 4.69) is 25.6 Å². The first kappa shape index (κ1) is 18.9. The molecule has 1 aliphatic rings. The van der Waals surface area contributed by atoms with Crippen LogP contribution in [-0.4, -0.2) is 33.9 Å². The lowest BCUT2D eigenvalue weighted by atomic mass is 10.2. The van der Waals surface area contributed by atoms with Crippen molar-refractivity contribution in [3.05, 3.63) is 71.2 Å². The minimum Gasteiger partial charge on any atom is -0.368 e. The molecule has 3 aromatic rings. The lowest BCUT2D eigenvalue weighted by Gasteiger charge is -2.13. The van der Waals surface area contributed by atoms with Crippen LogP contribution in [-0.2, 0) is 12.8 Å². The van der Waals surface area contributed by atoms with E-state index in [-0.39, 0.29) is 6.54 Å². The second-order valence-electron chi connectivity index (χ2n) is 6.69. The Morgan fingerprint density at radius 2 is 1.76 bits per heavy atom. The lowest BCUT2D eigenvalue weighted by molar-refractivity contribution is 0.0946. The van der Waals surface area contributed by atoms with Crippen LogP contribution in [0.3, 0.4) is 0 Å². The van der Waals surface area contributed by atoms with Crippen molar-refractivity contribution in [2.45, 2.75) is 19.3 Å². The Hall–Kier alpha value is -3.42. The Kier molecular flexibility index (Phi) is 5.41. The molecule has 0 fully saturated rings. The van der Waals surface area contributed by atoms with Gasteiger partial charge in [-0.2, -0.15) is 0 Å². The Labute approximate surface area is 166 Å². The molecule has 4 rings (SSSR count). The summed E-state index contributed by atoms with van der Waals surface area (Å²) >= 11 is 0. The van der Waals surface area contributed by atoms with Crippen LogP contribution in [0.15, 0.2) is 42.7 Å². The predicted molar refractivity (Wildman–Crippen MR) is 104 cm³/mol. The van der Waals surface area contributed by atoms with E-state index in [0.29, 0.717) is 12.4 Å². The number of carbonyl (C=O) groups is 1. The second kappa shape index (κ2) is 8.30. The van der Waals surface area contributed by atoms with Crippen molar-refractivity contribution in [1.29, 1.82) is 0 Å². The molecule has 0 bridgehead atoms. The molecule has 1 amide bonds. The van der Waals surface area contributed by atoms with E-state index in [1.54, 1.807) is 12.4 Å². The highest BCUT2D eigenvalue weighted by atomic mass is 19.1. The van der Waals surface area contributed by atoms with Crippen molar-refractivity contribution < 1.29 is 13.6 Å². The van der Waals surface area contributed by atoms with Gasteiger partial charge in [-0.15, -0.1) is 0 Å². The van der Waals surface area contributed by atoms with E-state index in [0.717, 1.165) is 54.0 Å². The molecule has 0 saturated heterocycles. The molecule has 1 aliphatic carbocycles. The minimum atomic E-state index is -0.883. The average molecular weight is 395 g/mol. The largest absolute Gasteiger partial charge is 0.368 e. The maximum Gasteiger partial charge on any atom is 0.257 e. The third kappa shape index (κ3) is 4.06. The number of pyridine rings is 1. The van der Waals surface area contributed by atoms with Crippen molar-refractivity contribution in [3.8, 4) is 11.4 Å². The highest BCUT2D eigenvalue weighted by Crippen LogP contribution is 2.28. The molecular formula is C21H19F2N5O. The van der Waals surface area contributed by atoms with E-state index in [1.165, 1.54) is 6.07 Å². The number of anilines is 1. The summed E-state index contributed by atoms with van der Waals surface area (Å²) < 4.78 is 27.4. The molecular weight excluding hydrogens is 376 g/mol. The molecule has 1 aromatic carbocycles. The zero-order valence-electron chi connectivity index (χ0n) is 15.6. The van der Waals surface area contributed by atoms with Crippen molar-refractivity contribution in [1.82, 2.24) is 20.3 Å². The summed E-state index contributed by atoms with van der Waals surface area (Å²) in [6, 6.07) is 7.04. The molecule has 2 aromatic heterocycles. The summed E-state index contributed by atoms with van der Waals surface area (Å²) in [6.07, 6.45) is 6.18. The first-order valence-corrected chi connectivity index (χ1v) is 9.40. The third-order valence-corrected chi connectivity index (χ3v) is 4.76. The van der Waals surface area contributed by atoms with E-state index < -0.39 is 23.1 Å². The van der Waals surface area contributed by atoms with Crippen LogP contribution >= 0.6 is 0 Å². The van der Waals surface area contributed by atoms with Crippen molar-refractivity contribution in [2.24, 2.45) is 0 Å². The second-order valence-corrected chi connectivity index (χ2v) is 6.69. The standard InChI is InChI=1S/C21H19F2N5O/c22-15-4-2-5-16(23)18(15)21(29)26-12-11-25-20-14-3-1-6-17(14)27-19(28-20)13-7-9-24-10-8-13/h2,4-5,7-10H,1,3,6,11-12H2,(H,26,29)(H,25,27,28). The van der Waals surface area contributed by atoms with E-state index in [9.17, 15) is 13.6 Å². The van der Waals surface area contributed by atoms with Crippen molar-refractivity contribution >= 4 is 11.7 Å². The summed E-state index contributed by atoms with van der Waals surface area (Å²) in [5.74, 6) is -1.21. The van der Waals surface area contributed by atoms with Gasteiger partial charge in [0.25, 0.3) is 5.91 Å². The summed E-state index contributed by atoms with van der Waals surface area (Å²) in [7, 11) is 0. The Morgan fingerprint density at radius 1 is 1.00 bits per heavy atom. The monoisotopic (exact) mass is 395 g/mol. The van der Waals surface area contributed by atoms with Crippen LogP contribution in [0.25, 0.3) is 11.4 Å². The van der Waals surface area contributed by atoms with Gasteiger partial charge in [0.05, 0.1) is 0 Å². The number of aryl methyl sites for hydroxylation is 1. The maximum atomic E-state index is 13.7. The van der Waals surface area contributed by atoms with Crippen LogP contribution in [0.4, 0.5) is 14.6 Å². The van der Waals surface area contributed by atoms with Gasteiger partial charge in [0, 0.05) is 42.3 Å². The van der Waals surface area contributed by atoms with Crippen LogP contribution in [0, 0.1) is 11.6 Å². The average Bonchev–Trinajstić information content (AvgIpc) is 3.20. The molecule has 0 saturated carbocycles. The van der Waals surface area contributed by atoms with Crippen molar-refractivity contribution in [2.75, 3.05) is 18.4 Å².